The summed E-state index contributed by atoms with van der Waals surface area (Å²) in [6.07, 6.45) is 5.43. The summed E-state index contributed by atoms with van der Waals surface area (Å²) < 4.78 is 0. The average molecular weight is 438 g/mol. The lowest BCUT2D eigenvalue weighted by Crippen LogP contribution is -2.38. The van der Waals surface area contributed by atoms with Crippen molar-refractivity contribution in [2.24, 2.45) is 5.92 Å². The van der Waals surface area contributed by atoms with Gasteiger partial charge in [0.15, 0.2) is 0 Å². The lowest BCUT2D eigenvalue weighted by Gasteiger charge is -2.27. The van der Waals surface area contributed by atoms with E-state index in [0.29, 0.717) is 18.8 Å². The van der Waals surface area contributed by atoms with Gasteiger partial charge in [-0.15, -0.1) is 0 Å². The van der Waals surface area contributed by atoms with Crippen LogP contribution in [0.25, 0.3) is 0 Å². The molecule has 172 valence electrons. The van der Waals surface area contributed by atoms with E-state index >= 15 is 0 Å². The number of likely N-dealkylation sites (tertiary alicyclic amines) is 1. The van der Waals surface area contributed by atoms with E-state index in [-0.39, 0.29) is 23.8 Å². The minimum absolute atomic E-state index is 0.00718. The zero-order valence-corrected chi connectivity index (χ0v) is 19.4. The zero-order valence-electron chi connectivity index (χ0n) is 19.4. The normalized spacial score (nSPS) is 21.8. The third-order valence-corrected chi connectivity index (χ3v) is 6.48. The lowest BCUT2D eigenvalue weighted by atomic mass is 9.91. The maximum Gasteiger partial charge on any atom is 0.225 e. The number of amides is 1. The van der Waals surface area contributed by atoms with Gasteiger partial charge in [0.2, 0.25) is 11.9 Å². The second-order valence-electron chi connectivity index (χ2n) is 9.53. The predicted octanol–water partition coefficient (Wildman–Crippen LogP) is 3.22. The van der Waals surface area contributed by atoms with Gasteiger partial charge >= 0.3 is 0 Å². The number of nitrogens with zero attached hydrogens (tertiary/aromatic N) is 4. The van der Waals surface area contributed by atoms with Gasteiger partial charge in [-0.05, 0) is 52.2 Å². The quantitative estimate of drug-likeness (QED) is 0.722. The number of anilines is 1. The number of phenols is 1. The topological polar surface area (TPSA) is 81.6 Å². The molecule has 32 heavy (non-hydrogen) atoms. The van der Waals surface area contributed by atoms with Crippen LogP contribution in [0.5, 0.6) is 5.75 Å². The van der Waals surface area contributed by atoms with Gasteiger partial charge in [0, 0.05) is 56.4 Å². The van der Waals surface area contributed by atoms with E-state index < -0.39 is 0 Å². The van der Waals surface area contributed by atoms with Crippen molar-refractivity contribution in [3.05, 3.63) is 47.3 Å². The Morgan fingerprint density at radius 2 is 1.97 bits per heavy atom. The fourth-order valence-corrected chi connectivity index (χ4v) is 4.87. The van der Waals surface area contributed by atoms with Crippen LogP contribution < -0.4 is 10.2 Å². The van der Waals surface area contributed by atoms with Gasteiger partial charge in [-0.2, -0.15) is 0 Å². The van der Waals surface area contributed by atoms with E-state index in [1.807, 2.05) is 45.2 Å². The molecule has 0 spiro atoms. The van der Waals surface area contributed by atoms with Crippen molar-refractivity contribution in [3.63, 3.8) is 0 Å². The van der Waals surface area contributed by atoms with Crippen molar-refractivity contribution in [3.8, 4) is 5.75 Å². The molecule has 0 radical (unpaired) electrons. The molecule has 4 rings (SSSR count). The first-order chi connectivity index (χ1) is 15.4. The van der Waals surface area contributed by atoms with Crippen LogP contribution in [-0.2, 0) is 11.3 Å². The van der Waals surface area contributed by atoms with Gasteiger partial charge in [0.05, 0.1) is 11.6 Å². The molecule has 2 aromatic rings. The van der Waals surface area contributed by atoms with E-state index in [9.17, 15) is 9.90 Å². The minimum Gasteiger partial charge on any atom is -0.508 e. The van der Waals surface area contributed by atoms with Gasteiger partial charge in [-0.3, -0.25) is 9.69 Å². The molecule has 7 nitrogen and oxygen atoms in total. The molecule has 2 fully saturated rings. The molecule has 1 aromatic carbocycles. The highest BCUT2D eigenvalue weighted by molar-refractivity contribution is 5.80. The van der Waals surface area contributed by atoms with Crippen LogP contribution in [0.2, 0.25) is 0 Å². The number of phenolic OH excluding ortho intramolecular Hbond substituents is 1. The first-order valence-electron chi connectivity index (χ1n) is 11.8. The van der Waals surface area contributed by atoms with E-state index in [1.165, 1.54) is 19.3 Å². The average Bonchev–Trinajstić information content (AvgIpc) is 3.21. The number of rotatable bonds is 6. The molecule has 3 heterocycles. The summed E-state index contributed by atoms with van der Waals surface area (Å²) in [7, 11) is 0. The predicted molar refractivity (Wildman–Crippen MR) is 126 cm³/mol. The molecular formula is C25H35N5O2. The molecule has 1 aromatic heterocycles. The summed E-state index contributed by atoms with van der Waals surface area (Å²) in [6.45, 7) is 9.96. The molecule has 2 N–H and O–H groups in total. The van der Waals surface area contributed by atoms with Crippen LogP contribution in [-0.4, -0.2) is 58.1 Å². The maximum absolute atomic E-state index is 13.1. The Morgan fingerprint density at radius 3 is 2.72 bits per heavy atom. The Kier molecular flexibility index (Phi) is 6.94. The monoisotopic (exact) mass is 437 g/mol. The van der Waals surface area contributed by atoms with Gasteiger partial charge in [-0.1, -0.05) is 17.7 Å². The van der Waals surface area contributed by atoms with Gasteiger partial charge in [0.25, 0.3) is 0 Å². The standard InChI is InChI=1S/C25H35N5O2/c1-17(2)27-24(32)21-16-29(14-19-13-18(3)7-8-23(19)31)15-20(21)22-9-10-26-25(28-22)30-11-5-4-6-12-30/h7-10,13,17,20-21,31H,4-6,11-12,14-16H2,1-3H3,(H,27,32)/t20-,21-/m1/s1. The van der Waals surface area contributed by atoms with Crippen LogP contribution in [0.1, 0.15) is 55.8 Å². The molecule has 2 atom stereocenters. The molecule has 2 aliphatic rings. The van der Waals surface area contributed by atoms with Crippen molar-refractivity contribution in [2.75, 3.05) is 31.1 Å². The van der Waals surface area contributed by atoms with Crippen molar-refractivity contribution < 1.29 is 9.90 Å². The molecule has 2 saturated heterocycles. The van der Waals surface area contributed by atoms with E-state index in [2.05, 4.69) is 20.1 Å². The zero-order chi connectivity index (χ0) is 22.7. The fraction of sp³-hybridized carbons (Fsp3) is 0.560. The van der Waals surface area contributed by atoms with Gasteiger partial charge < -0.3 is 15.3 Å². The number of piperidine rings is 1. The van der Waals surface area contributed by atoms with Crippen molar-refractivity contribution in [1.29, 1.82) is 0 Å². The third-order valence-electron chi connectivity index (χ3n) is 6.48. The van der Waals surface area contributed by atoms with Crippen LogP contribution in [0.3, 0.4) is 0 Å². The molecule has 2 aliphatic heterocycles. The lowest BCUT2D eigenvalue weighted by molar-refractivity contribution is -0.125. The second kappa shape index (κ2) is 9.86. The molecule has 0 bridgehead atoms. The molecule has 1 amide bonds. The summed E-state index contributed by atoms with van der Waals surface area (Å²) in [4.78, 5) is 27.1. The Bertz CT molecular complexity index is 942. The smallest absolute Gasteiger partial charge is 0.225 e. The van der Waals surface area contributed by atoms with E-state index in [0.717, 1.165) is 42.4 Å². The highest BCUT2D eigenvalue weighted by atomic mass is 16.3. The number of hydrogen-bond donors (Lipinski definition) is 2. The number of aryl methyl sites for hydroxylation is 1. The Balaban J connectivity index is 1.58. The number of carbonyl (C=O) groups excluding carboxylic acids is 1. The number of benzene rings is 1. The van der Waals surface area contributed by atoms with Crippen molar-refractivity contribution in [1.82, 2.24) is 20.2 Å². The number of carbonyl (C=O) groups is 1. The fourth-order valence-electron chi connectivity index (χ4n) is 4.87. The third kappa shape index (κ3) is 5.21. The van der Waals surface area contributed by atoms with Crippen LogP contribution in [0.15, 0.2) is 30.5 Å². The summed E-state index contributed by atoms with van der Waals surface area (Å²) in [6, 6.07) is 7.73. The Labute approximate surface area is 190 Å². The SMILES string of the molecule is Cc1ccc(O)c(CN2C[C@@H](C(=O)NC(C)C)[C@H](c3ccnc(N4CCCCC4)n3)C2)c1. The molecular weight excluding hydrogens is 402 g/mol. The Morgan fingerprint density at radius 1 is 1.19 bits per heavy atom. The van der Waals surface area contributed by atoms with Crippen molar-refractivity contribution >= 4 is 11.9 Å². The van der Waals surface area contributed by atoms with Crippen molar-refractivity contribution in [2.45, 2.75) is 58.5 Å². The Hall–Kier alpha value is -2.67. The summed E-state index contributed by atoms with van der Waals surface area (Å²) in [5, 5.41) is 13.4. The van der Waals surface area contributed by atoms with E-state index in [4.69, 9.17) is 4.98 Å². The van der Waals surface area contributed by atoms with Gasteiger partial charge in [0.1, 0.15) is 5.75 Å². The second-order valence-corrected chi connectivity index (χ2v) is 9.53. The first-order valence-corrected chi connectivity index (χ1v) is 11.8. The number of aromatic nitrogens is 2. The summed E-state index contributed by atoms with van der Waals surface area (Å²) in [5.74, 6) is 0.955. The number of aromatic hydroxyl groups is 1. The minimum atomic E-state index is -0.187. The largest absolute Gasteiger partial charge is 0.508 e. The number of nitrogens with one attached hydrogen (secondary N) is 1. The molecule has 0 saturated carbocycles. The van der Waals surface area contributed by atoms with Gasteiger partial charge in [-0.25, -0.2) is 9.97 Å². The first kappa shape index (κ1) is 22.5. The summed E-state index contributed by atoms with van der Waals surface area (Å²) in [5.41, 5.74) is 2.94. The van der Waals surface area contributed by atoms with Crippen LogP contribution >= 0.6 is 0 Å². The molecule has 0 unspecified atom stereocenters. The van der Waals surface area contributed by atoms with Crippen LogP contribution in [0, 0.1) is 12.8 Å². The summed E-state index contributed by atoms with van der Waals surface area (Å²) >= 11 is 0. The maximum atomic E-state index is 13.1. The van der Waals surface area contributed by atoms with E-state index in [1.54, 1.807) is 6.07 Å². The molecule has 7 heteroatoms. The highest BCUT2D eigenvalue weighted by Crippen LogP contribution is 2.34. The molecule has 0 aliphatic carbocycles. The number of hydrogen-bond acceptors (Lipinski definition) is 6. The highest BCUT2D eigenvalue weighted by Gasteiger charge is 2.40. The van der Waals surface area contributed by atoms with Crippen LogP contribution in [0.4, 0.5) is 5.95 Å².